The highest BCUT2D eigenvalue weighted by molar-refractivity contribution is 6.33. The first-order valence-electron chi connectivity index (χ1n) is 5.54. The topological polar surface area (TPSA) is 79.3 Å². The van der Waals surface area contributed by atoms with Gasteiger partial charge in [0.2, 0.25) is 5.95 Å². The Balaban J connectivity index is 2.30. The summed E-state index contributed by atoms with van der Waals surface area (Å²) in [6, 6.07) is 4.71. The Morgan fingerprint density at radius 2 is 1.90 bits per heavy atom. The predicted molar refractivity (Wildman–Crippen MR) is 70.5 cm³/mol. The van der Waals surface area contributed by atoms with Crippen molar-refractivity contribution in [1.29, 1.82) is 0 Å². The lowest BCUT2D eigenvalue weighted by molar-refractivity contribution is 0.0696. The van der Waals surface area contributed by atoms with Crippen molar-refractivity contribution in [2.45, 2.75) is 0 Å². The lowest BCUT2D eigenvalue weighted by Crippen LogP contribution is -2.15. The molecule has 0 saturated heterocycles. The normalized spacial score (nSPS) is 10.2. The van der Waals surface area contributed by atoms with Crippen molar-refractivity contribution < 1.29 is 23.5 Å². The van der Waals surface area contributed by atoms with Gasteiger partial charge < -0.3 is 10.4 Å². The van der Waals surface area contributed by atoms with Crippen molar-refractivity contribution in [1.82, 2.24) is 4.98 Å². The lowest BCUT2D eigenvalue weighted by atomic mass is 10.2. The molecule has 8 heteroatoms. The maximum absolute atomic E-state index is 13.4. The third-order valence-electron chi connectivity index (χ3n) is 2.55. The lowest BCUT2D eigenvalue weighted by Gasteiger charge is -2.08. The molecule has 0 aliphatic heterocycles. The number of pyridine rings is 1. The van der Waals surface area contributed by atoms with Crippen molar-refractivity contribution >= 4 is 29.2 Å². The van der Waals surface area contributed by atoms with Gasteiger partial charge >= 0.3 is 5.97 Å². The molecule has 0 aliphatic rings. The van der Waals surface area contributed by atoms with Gasteiger partial charge in [-0.15, -0.1) is 0 Å². The molecule has 0 bridgehead atoms. The van der Waals surface area contributed by atoms with Crippen LogP contribution in [0.25, 0.3) is 0 Å². The minimum absolute atomic E-state index is 0.0124. The van der Waals surface area contributed by atoms with E-state index >= 15 is 0 Å². The summed E-state index contributed by atoms with van der Waals surface area (Å²) < 4.78 is 26.4. The number of carbonyl (C=O) groups is 2. The number of halogens is 3. The van der Waals surface area contributed by atoms with Gasteiger partial charge in [-0.25, -0.2) is 14.2 Å². The highest BCUT2D eigenvalue weighted by Crippen LogP contribution is 2.21. The number of nitrogens with one attached hydrogen (secondary N) is 1. The molecule has 1 amide bonds. The van der Waals surface area contributed by atoms with Crippen molar-refractivity contribution in [2.75, 3.05) is 5.32 Å². The molecule has 21 heavy (non-hydrogen) atoms. The number of aromatic carboxylic acids is 1. The van der Waals surface area contributed by atoms with Crippen LogP contribution in [0.15, 0.2) is 30.5 Å². The van der Waals surface area contributed by atoms with Gasteiger partial charge in [0.15, 0.2) is 5.82 Å². The minimum atomic E-state index is -1.40. The van der Waals surface area contributed by atoms with E-state index in [1.807, 2.05) is 0 Å². The van der Waals surface area contributed by atoms with E-state index in [9.17, 15) is 18.4 Å². The molecule has 5 nitrogen and oxygen atoms in total. The van der Waals surface area contributed by atoms with Gasteiger partial charge in [-0.3, -0.25) is 4.79 Å². The van der Waals surface area contributed by atoms with Gasteiger partial charge in [0.05, 0.1) is 16.1 Å². The number of amides is 1. The Morgan fingerprint density at radius 3 is 2.57 bits per heavy atom. The molecule has 2 rings (SSSR count). The number of anilines is 1. The molecular weight excluding hydrogens is 306 g/mol. The van der Waals surface area contributed by atoms with Crippen LogP contribution in [0.2, 0.25) is 5.02 Å². The first-order chi connectivity index (χ1) is 9.90. The Kier molecular flexibility index (Phi) is 4.13. The predicted octanol–water partition coefficient (Wildman–Crippen LogP) is 2.96. The molecular formula is C13H7ClF2N2O3. The van der Waals surface area contributed by atoms with Crippen LogP contribution in [0.5, 0.6) is 0 Å². The fourth-order valence-electron chi connectivity index (χ4n) is 1.56. The summed E-state index contributed by atoms with van der Waals surface area (Å²) in [5.41, 5.74) is -0.691. The maximum Gasteiger partial charge on any atom is 0.337 e. The zero-order valence-electron chi connectivity index (χ0n) is 10.2. The number of carboxylic acid groups (broad SMARTS) is 1. The zero-order chi connectivity index (χ0) is 15.6. The van der Waals surface area contributed by atoms with E-state index in [1.165, 1.54) is 12.1 Å². The van der Waals surface area contributed by atoms with Crippen LogP contribution < -0.4 is 5.32 Å². The number of benzene rings is 1. The highest BCUT2D eigenvalue weighted by Gasteiger charge is 2.17. The minimum Gasteiger partial charge on any atom is -0.478 e. The van der Waals surface area contributed by atoms with E-state index in [1.54, 1.807) is 0 Å². The number of rotatable bonds is 3. The third kappa shape index (κ3) is 3.14. The molecule has 0 aliphatic carbocycles. The number of hydrogen-bond acceptors (Lipinski definition) is 3. The largest absolute Gasteiger partial charge is 0.478 e. The summed E-state index contributed by atoms with van der Waals surface area (Å²) in [6.07, 6.45) is 0.942. The molecule has 1 aromatic heterocycles. The van der Waals surface area contributed by atoms with Crippen LogP contribution in [0.3, 0.4) is 0 Å². The monoisotopic (exact) mass is 312 g/mol. The zero-order valence-corrected chi connectivity index (χ0v) is 11.0. The van der Waals surface area contributed by atoms with Gasteiger partial charge in [-0.2, -0.15) is 4.39 Å². The van der Waals surface area contributed by atoms with E-state index in [-0.39, 0.29) is 16.3 Å². The van der Waals surface area contributed by atoms with E-state index in [4.69, 9.17) is 16.7 Å². The van der Waals surface area contributed by atoms with Crippen LogP contribution in [-0.4, -0.2) is 22.0 Å². The second-order valence-electron chi connectivity index (χ2n) is 3.92. The molecule has 0 radical (unpaired) electrons. The number of nitrogens with zero attached hydrogens (tertiary/aromatic N) is 1. The van der Waals surface area contributed by atoms with Crippen molar-refractivity contribution in [3.63, 3.8) is 0 Å². The molecule has 2 aromatic rings. The van der Waals surface area contributed by atoms with Gasteiger partial charge in [-0.1, -0.05) is 11.6 Å². The number of aromatic nitrogens is 1. The molecule has 2 N–H and O–H groups in total. The molecule has 0 atom stereocenters. The van der Waals surface area contributed by atoms with Gasteiger partial charge in [0, 0.05) is 11.9 Å². The van der Waals surface area contributed by atoms with Crippen LogP contribution in [-0.2, 0) is 0 Å². The summed E-state index contributed by atoms with van der Waals surface area (Å²) >= 11 is 5.68. The maximum atomic E-state index is 13.4. The molecule has 0 spiro atoms. The second-order valence-corrected chi connectivity index (χ2v) is 4.32. The van der Waals surface area contributed by atoms with Crippen molar-refractivity contribution in [3.05, 3.63) is 58.4 Å². The van der Waals surface area contributed by atoms with Gasteiger partial charge in [0.1, 0.15) is 0 Å². The summed E-state index contributed by atoms with van der Waals surface area (Å²) in [4.78, 5) is 25.8. The van der Waals surface area contributed by atoms with Gasteiger partial charge in [0.25, 0.3) is 5.91 Å². The van der Waals surface area contributed by atoms with Crippen LogP contribution >= 0.6 is 11.6 Å². The SMILES string of the molecule is O=C(O)c1cc(NC(=O)c2ccnc(F)c2F)ccc1Cl. The first-order valence-corrected chi connectivity index (χ1v) is 5.92. The van der Waals surface area contributed by atoms with Crippen molar-refractivity contribution in [3.8, 4) is 0 Å². The second kappa shape index (κ2) is 5.84. The quantitative estimate of drug-likeness (QED) is 0.854. The van der Waals surface area contributed by atoms with Crippen molar-refractivity contribution in [2.24, 2.45) is 0 Å². The van der Waals surface area contributed by atoms with E-state index in [0.717, 1.165) is 18.3 Å². The number of carbonyl (C=O) groups excluding carboxylic acids is 1. The van der Waals surface area contributed by atoms with Crippen LogP contribution in [0, 0.1) is 11.8 Å². The van der Waals surface area contributed by atoms with Crippen LogP contribution in [0.1, 0.15) is 20.7 Å². The molecule has 108 valence electrons. The first kappa shape index (κ1) is 14.9. The van der Waals surface area contributed by atoms with Crippen LogP contribution in [0.4, 0.5) is 14.5 Å². The summed E-state index contributed by atoms with van der Waals surface area (Å²) in [5.74, 6) is -5.00. The summed E-state index contributed by atoms with van der Waals surface area (Å²) in [7, 11) is 0. The molecule has 0 saturated carbocycles. The summed E-state index contributed by atoms with van der Waals surface area (Å²) in [6.45, 7) is 0. The summed E-state index contributed by atoms with van der Waals surface area (Å²) in [5, 5.41) is 11.1. The fraction of sp³-hybridized carbons (Fsp3) is 0. The fourth-order valence-corrected chi connectivity index (χ4v) is 1.76. The molecule has 0 fully saturated rings. The van der Waals surface area contributed by atoms with E-state index in [0.29, 0.717) is 0 Å². The number of hydrogen-bond donors (Lipinski definition) is 2. The third-order valence-corrected chi connectivity index (χ3v) is 2.88. The molecule has 1 heterocycles. The Hall–Kier alpha value is -2.54. The highest BCUT2D eigenvalue weighted by atomic mass is 35.5. The average Bonchev–Trinajstić information content (AvgIpc) is 2.43. The average molecular weight is 313 g/mol. The standard InChI is InChI=1S/C13H7ClF2N2O3/c14-9-2-1-6(5-8(9)13(20)21)18-12(19)7-3-4-17-11(16)10(7)15/h1-5H,(H,18,19)(H,20,21). The van der Waals surface area contributed by atoms with E-state index in [2.05, 4.69) is 10.3 Å². The smallest absolute Gasteiger partial charge is 0.337 e. The Morgan fingerprint density at radius 1 is 1.19 bits per heavy atom. The molecule has 0 unspecified atom stereocenters. The Bertz CT molecular complexity index is 737. The van der Waals surface area contributed by atoms with E-state index < -0.39 is 29.2 Å². The Labute approximate surface area is 122 Å². The van der Waals surface area contributed by atoms with Gasteiger partial charge in [-0.05, 0) is 24.3 Å². The molecule has 1 aromatic carbocycles. The number of carboxylic acids is 1.